The minimum Gasteiger partial charge on any atom is -0.481 e. The maximum Gasteiger partial charge on any atom is 0.319 e. The van der Waals surface area contributed by atoms with Crippen molar-refractivity contribution in [3.8, 4) is 5.88 Å². The van der Waals surface area contributed by atoms with E-state index in [1.807, 2.05) is 0 Å². The Balaban J connectivity index is 1.96. The molecule has 0 bridgehead atoms. The van der Waals surface area contributed by atoms with E-state index in [2.05, 4.69) is 15.6 Å². The molecule has 114 valence electrons. The average Bonchev–Trinajstić information content (AvgIpc) is 2.82. The van der Waals surface area contributed by atoms with Gasteiger partial charge in [-0.3, -0.25) is 4.79 Å². The van der Waals surface area contributed by atoms with Gasteiger partial charge < -0.3 is 25.2 Å². The summed E-state index contributed by atoms with van der Waals surface area (Å²) in [6.07, 6.45) is 1.44. The number of pyridine rings is 1. The first kappa shape index (κ1) is 15.0. The van der Waals surface area contributed by atoms with Crippen LogP contribution in [0, 0.1) is 5.41 Å². The third-order valence-electron chi connectivity index (χ3n) is 3.45. The predicted octanol–water partition coefficient (Wildman–Crippen LogP) is 0.701. The Bertz CT molecular complexity index is 533. The summed E-state index contributed by atoms with van der Waals surface area (Å²) in [6.45, 7) is 1.77. The van der Waals surface area contributed by atoms with Crippen molar-refractivity contribution in [1.29, 1.82) is 0 Å². The number of hydrogen-bond acceptors (Lipinski definition) is 5. The van der Waals surface area contributed by atoms with E-state index in [1.54, 1.807) is 19.1 Å². The first-order chi connectivity index (χ1) is 9.95. The number of carbonyl (C=O) groups is 2. The fourth-order valence-electron chi connectivity index (χ4n) is 1.99. The fourth-order valence-corrected chi connectivity index (χ4v) is 1.99. The summed E-state index contributed by atoms with van der Waals surface area (Å²) in [5, 5.41) is 14.4. The second-order valence-corrected chi connectivity index (χ2v) is 4.98. The van der Waals surface area contributed by atoms with Crippen LogP contribution in [0.15, 0.2) is 18.3 Å². The lowest BCUT2D eigenvalue weighted by molar-refractivity contribution is -0.148. The molecule has 1 aromatic heterocycles. The molecule has 8 nitrogen and oxygen atoms in total. The molecule has 8 heteroatoms. The number of amides is 2. The molecule has 2 heterocycles. The molecule has 1 aliphatic heterocycles. The minimum atomic E-state index is -1.13. The number of hydrogen-bond donors (Lipinski definition) is 3. The summed E-state index contributed by atoms with van der Waals surface area (Å²) in [4.78, 5) is 27.1. The van der Waals surface area contributed by atoms with Crippen molar-refractivity contribution >= 4 is 17.7 Å². The van der Waals surface area contributed by atoms with Crippen LogP contribution in [0.4, 0.5) is 10.5 Å². The summed E-state index contributed by atoms with van der Waals surface area (Å²) in [6, 6.07) is 2.13. The lowest BCUT2D eigenvalue weighted by Gasteiger charge is -2.25. The zero-order valence-corrected chi connectivity index (χ0v) is 11.8. The van der Waals surface area contributed by atoms with Gasteiger partial charge in [-0.1, -0.05) is 0 Å². The molecule has 2 rings (SSSR count). The van der Waals surface area contributed by atoms with Gasteiger partial charge in [0, 0.05) is 6.07 Å². The van der Waals surface area contributed by atoms with Crippen molar-refractivity contribution in [2.24, 2.45) is 5.41 Å². The van der Waals surface area contributed by atoms with Gasteiger partial charge in [-0.2, -0.15) is 0 Å². The quantitative estimate of drug-likeness (QED) is 0.754. The summed E-state index contributed by atoms with van der Waals surface area (Å²) in [5.41, 5.74) is -0.653. The number of methoxy groups -OCH3 is 1. The number of aliphatic carboxylic acids is 1. The van der Waals surface area contributed by atoms with E-state index in [4.69, 9.17) is 9.47 Å². The molecule has 21 heavy (non-hydrogen) atoms. The second-order valence-electron chi connectivity index (χ2n) is 4.98. The largest absolute Gasteiger partial charge is 0.481 e. The lowest BCUT2D eigenvalue weighted by atomic mass is 9.85. The highest BCUT2D eigenvalue weighted by molar-refractivity contribution is 5.90. The van der Waals surface area contributed by atoms with Gasteiger partial charge in [0.15, 0.2) is 0 Å². The molecule has 0 radical (unpaired) electrons. The van der Waals surface area contributed by atoms with Crippen LogP contribution in [0.2, 0.25) is 0 Å². The summed E-state index contributed by atoms with van der Waals surface area (Å²) in [5.74, 6) is -0.569. The van der Waals surface area contributed by atoms with Gasteiger partial charge in [-0.15, -0.1) is 0 Å². The Morgan fingerprint density at radius 2 is 2.29 bits per heavy atom. The molecule has 1 aromatic rings. The van der Waals surface area contributed by atoms with Crippen LogP contribution in [0.1, 0.15) is 6.92 Å². The highest BCUT2D eigenvalue weighted by Gasteiger charge is 2.47. The highest BCUT2D eigenvalue weighted by atomic mass is 16.5. The Kier molecular flexibility index (Phi) is 4.27. The van der Waals surface area contributed by atoms with E-state index in [-0.39, 0.29) is 13.2 Å². The van der Waals surface area contributed by atoms with E-state index in [1.165, 1.54) is 13.3 Å². The third-order valence-corrected chi connectivity index (χ3v) is 3.45. The molecule has 2 atom stereocenters. The fraction of sp³-hybridized carbons (Fsp3) is 0.462. The predicted molar refractivity (Wildman–Crippen MR) is 73.3 cm³/mol. The van der Waals surface area contributed by atoms with Crippen LogP contribution < -0.4 is 15.4 Å². The van der Waals surface area contributed by atoms with Gasteiger partial charge in [0.05, 0.1) is 38.2 Å². The van der Waals surface area contributed by atoms with Gasteiger partial charge in [-0.05, 0) is 13.0 Å². The molecule has 2 unspecified atom stereocenters. The first-order valence-electron chi connectivity index (χ1n) is 6.34. The molecule has 2 amide bonds. The smallest absolute Gasteiger partial charge is 0.319 e. The van der Waals surface area contributed by atoms with Gasteiger partial charge in [0.2, 0.25) is 5.88 Å². The summed E-state index contributed by atoms with van der Waals surface area (Å²) < 4.78 is 10.1. The maximum atomic E-state index is 11.9. The van der Waals surface area contributed by atoms with Gasteiger partial charge in [-0.25, -0.2) is 9.78 Å². The van der Waals surface area contributed by atoms with E-state index in [0.717, 1.165) is 0 Å². The maximum absolute atomic E-state index is 11.9. The highest BCUT2D eigenvalue weighted by Crippen LogP contribution is 2.28. The second kappa shape index (κ2) is 5.96. The SMILES string of the molecule is COc1ccc(NC(=O)NC2COCC2(C)C(=O)O)cn1. The van der Waals surface area contributed by atoms with Crippen molar-refractivity contribution in [3.63, 3.8) is 0 Å². The van der Waals surface area contributed by atoms with Crippen molar-refractivity contribution in [2.45, 2.75) is 13.0 Å². The van der Waals surface area contributed by atoms with Crippen LogP contribution in [-0.2, 0) is 9.53 Å². The molecule has 3 N–H and O–H groups in total. The average molecular weight is 295 g/mol. The number of aromatic nitrogens is 1. The van der Waals surface area contributed by atoms with Crippen LogP contribution in [0.3, 0.4) is 0 Å². The molecular formula is C13H17N3O5. The van der Waals surface area contributed by atoms with E-state index in [9.17, 15) is 14.7 Å². The minimum absolute atomic E-state index is 0.0668. The normalized spacial score (nSPS) is 24.4. The summed E-state index contributed by atoms with van der Waals surface area (Å²) in [7, 11) is 1.50. The first-order valence-corrected chi connectivity index (χ1v) is 6.34. The molecule has 1 saturated heterocycles. The van der Waals surface area contributed by atoms with Gasteiger partial charge >= 0.3 is 12.0 Å². The van der Waals surface area contributed by atoms with E-state index < -0.39 is 23.5 Å². The van der Waals surface area contributed by atoms with E-state index >= 15 is 0 Å². The number of ether oxygens (including phenoxy) is 2. The van der Waals surface area contributed by atoms with Crippen molar-refractivity contribution in [1.82, 2.24) is 10.3 Å². The number of nitrogens with one attached hydrogen (secondary N) is 2. The van der Waals surface area contributed by atoms with Crippen LogP contribution >= 0.6 is 0 Å². The number of carbonyl (C=O) groups excluding carboxylic acids is 1. The molecule has 0 spiro atoms. The molecular weight excluding hydrogens is 278 g/mol. The third kappa shape index (κ3) is 3.22. The standard InChI is InChI=1S/C13H17N3O5/c1-13(11(17)18)7-21-6-9(13)16-12(19)15-8-3-4-10(20-2)14-5-8/h3-5,9H,6-7H2,1-2H3,(H,17,18)(H2,15,16,19). The molecule has 0 saturated carbocycles. The molecule has 1 aliphatic rings. The molecule has 0 aromatic carbocycles. The zero-order valence-electron chi connectivity index (χ0n) is 11.8. The summed E-state index contributed by atoms with van der Waals surface area (Å²) >= 11 is 0. The Hall–Kier alpha value is -2.35. The number of rotatable bonds is 4. The number of carboxylic acid groups (broad SMARTS) is 1. The Labute approximate surface area is 121 Å². The zero-order chi connectivity index (χ0) is 15.5. The van der Waals surface area contributed by atoms with Crippen LogP contribution in [0.5, 0.6) is 5.88 Å². The van der Waals surface area contributed by atoms with Crippen LogP contribution in [-0.4, -0.2) is 48.5 Å². The Morgan fingerprint density at radius 1 is 1.52 bits per heavy atom. The number of anilines is 1. The lowest BCUT2D eigenvalue weighted by Crippen LogP contribution is -2.50. The van der Waals surface area contributed by atoms with Crippen molar-refractivity contribution in [2.75, 3.05) is 25.6 Å². The van der Waals surface area contributed by atoms with Crippen molar-refractivity contribution in [3.05, 3.63) is 18.3 Å². The molecule has 0 aliphatic carbocycles. The number of urea groups is 1. The van der Waals surface area contributed by atoms with Crippen LogP contribution in [0.25, 0.3) is 0 Å². The molecule has 1 fully saturated rings. The Morgan fingerprint density at radius 3 is 2.86 bits per heavy atom. The number of carboxylic acids is 1. The van der Waals surface area contributed by atoms with Crippen molar-refractivity contribution < 1.29 is 24.2 Å². The van der Waals surface area contributed by atoms with Gasteiger partial charge in [0.25, 0.3) is 0 Å². The van der Waals surface area contributed by atoms with Gasteiger partial charge in [0.1, 0.15) is 5.41 Å². The van der Waals surface area contributed by atoms with E-state index in [0.29, 0.717) is 11.6 Å². The number of nitrogens with zero attached hydrogens (tertiary/aromatic N) is 1. The topological polar surface area (TPSA) is 110 Å². The monoisotopic (exact) mass is 295 g/mol.